The fourth-order valence-electron chi connectivity index (χ4n) is 7.16. The topological polar surface area (TPSA) is 13.0 Å². The van der Waals surface area contributed by atoms with Crippen LogP contribution in [-0.2, 0) is 38.8 Å². The standard InChI is InChI=1S/C41H50Cl2N4/c42-21-7-23-44(25-17-34-9-3-1-4-10-34)27-19-36-13-15-40-38(29-36)31-46-32-39-30-37(14-16-41(39)47(40)33-46)20-28-45(24-8-22-43)26-18-35-11-5-2-6-12-35/h1-6,9-16,29-30H,7-8,17-28,31-33H2. The molecule has 4 nitrogen and oxygen atoms in total. The Hall–Kier alpha value is -2.86. The first-order valence-corrected chi connectivity index (χ1v) is 18.6. The first kappa shape index (κ1) is 34.0. The quantitative estimate of drug-likeness (QED) is 0.0985. The third kappa shape index (κ3) is 9.62. The maximum Gasteiger partial charge on any atom is 0.0762 e. The van der Waals surface area contributed by atoms with E-state index in [4.69, 9.17) is 23.2 Å². The molecule has 0 saturated heterocycles. The van der Waals surface area contributed by atoms with Crippen LogP contribution < -0.4 is 4.90 Å². The second kappa shape index (κ2) is 17.5. The van der Waals surface area contributed by atoms with Crippen molar-refractivity contribution >= 4 is 34.6 Å². The Bertz CT molecular complexity index is 1420. The third-order valence-corrected chi connectivity index (χ3v) is 10.3. The molecule has 0 aromatic heterocycles. The molecule has 0 amide bonds. The molecule has 4 aromatic carbocycles. The van der Waals surface area contributed by atoms with Crippen molar-refractivity contribution in [1.82, 2.24) is 14.7 Å². The molecule has 0 unspecified atom stereocenters. The van der Waals surface area contributed by atoms with E-state index in [0.29, 0.717) is 0 Å². The first-order valence-electron chi connectivity index (χ1n) is 17.6. The highest BCUT2D eigenvalue weighted by Gasteiger charge is 2.30. The van der Waals surface area contributed by atoms with E-state index < -0.39 is 0 Å². The van der Waals surface area contributed by atoms with Gasteiger partial charge in [-0.1, -0.05) is 84.9 Å². The summed E-state index contributed by atoms with van der Waals surface area (Å²) in [5.74, 6) is 1.44. The molecule has 47 heavy (non-hydrogen) atoms. The summed E-state index contributed by atoms with van der Waals surface area (Å²) in [5.41, 5.74) is 11.3. The molecular formula is C41H50Cl2N4. The fraction of sp³-hybridized carbons (Fsp3) is 0.415. The SMILES string of the molecule is ClCCCN(CCc1ccccc1)CCc1ccc2c(c1)CN1Cc3cc(CCN(CCCCl)CCc4ccccc4)ccc3N2C1. The van der Waals surface area contributed by atoms with Gasteiger partial charge in [0.2, 0.25) is 0 Å². The van der Waals surface area contributed by atoms with E-state index in [9.17, 15) is 0 Å². The van der Waals surface area contributed by atoms with Crippen LogP contribution in [0.15, 0.2) is 97.1 Å². The van der Waals surface area contributed by atoms with Gasteiger partial charge in [-0.05, 0) is 97.1 Å². The van der Waals surface area contributed by atoms with Crippen molar-refractivity contribution in [2.45, 2.75) is 51.6 Å². The first-order chi connectivity index (χ1) is 23.2. The van der Waals surface area contributed by atoms with E-state index in [0.717, 1.165) is 109 Å². The van der Waals surface area contributed by atoms with Gasteiger partial charge in [0.05, 0.1) is 6.67 Å². The number of benzene rings is 4. The Balaban J connectivity index is 1.07. The lowest BCUT2D eigenvalue weighted by molar-refractivity contribution is 0.240. The molecule has 0 saturated carbocycles. The molecule has 2 aliphatic rings. The maximum atomic E-state index is 6.08. The zero-order valence-electron chi connectivity index (χ0n) is 27.8. The van der Waals surface area contributed by atoms with Crippen LogP contribution in [0.5, 0.6) is 0 Å². The molecule has 2 bridgehead atoms. The second-order valence-corrected chi connectivity index (χ2v) is 14.0. The van der Waals surface area contributed by atoms with Crippen molar-refractivity contribution in [3.05, 3.63) is 130 Å². The lowest BCUT2D eigenvalue weighted by atomic mass is 9.97. The Morgan fingerprint density at radius 3 is 1.34 bits per heavy atom. The predicted octanol–water partition coefficient (Wildman–Crippen LogP) is 8.54. The van der Waals surface area contributed by atoms with Crippen molar-refractivity contribution in [1.29, 1.82) is 0 Å². The number of nitrogens with zero attached hydrogens (tertiary/aromatic N) is 4. The molecule has 6 rings (SSSR count). The van der Waals surface area contributed by atoms with Gasteiger partial charge in [0, 0.05) is 62.4 Å². The summed E-state index contributed by atoms with van der Waals surface area (Å²) in [6.45, 7) is 9.39. The minimum Gasteiger partial charge on any atom is -0.327 e. The van der Waals surface area contributed by atoms with Crippen LogP contribution in [0, 0.1) is 0 Å². The average Bonchev–Trinajstić information content (AvgIpc) is 3.11. The number of hydrogen-bond donors (Lipinski definition) is 0. The maximum absolute atomic E-state index is 6.08. The minimum atomic E-state index is 0.719. The second-order valence-electron chi connectivity index (χ2n) is 13.2. The molecule has 248 valence electrons. The molecule has 0 aliphatic carbocycles. The summed E-state index contributed by atoms with van der Waals surface area (Å²) in [7, 11) is 0. The summed E-state index contributed by atoms with van der Waals surface area (Å²) in [4.78, 5) is 10.3. The van der Waals surface area contributed by atoms with E-state index >= 15 is 0 Å². The van der Waals surface area contributed by atoms with Gasteiger partial charge in [-0.25, -0.2) is 0 Å². The van der Waals surface area contributed by atoms with Crippen LogP contribution in [0.25, 0.3) is 0 Å². The molecule has 0 atom stereocenters. The van der Waals surface area contributed by atoms with Crippen LogP contribution in [0.2, 0.25) is 0 Å². The lowest BCUT2D eigenvalue weighted by Gasteiger charge is -2.44. The summed E-state index contributed by atoms with van der Waals surface area (Å²) in [6, 6.07) is 36.1. The van der Waals surface area contributed by atoms with Crippen molar-refractivity contribution < 1.29 is 0 Å². The molecule has 6 heteroatoms. The Morgan fingerprint density at radius 1 is 0.489 bits per heavy atom. The number of rotatable bonds is 18. The number of alkyl halides is 2. The molecule has 0 spiro atoms. The molecule has 0 N–H and O–H groups in total. The highest BCUT2D eigenvalue weighted by atomic mass is 35.5. The normalized spacial score (nSPS) is 14.1. The van der Waals surface area contributed by atoms with Gasteiger partial charge in [-0.2, -0.15) is 0 Å². The lowest BCUT2D eigenvalue weighted by Crippen LogP contribution is -2.43. The average molecular weight is 670 g/mol. The van der Waals surface area contributed by atoms with E-state index in [1.54, 1.807) is 0 Å². The van der Waals surface area contributed by atoms with Crippen LogP contribution in [0.1, 0.15) is 46.2 Å². The van der Waals surface area contributed by atoms with Gasteiger partial charge < -0.3 is 14.7 Å². The summed E-state index contributed by atoms with van der Waals surface area (Å²) < 4.78 is 0. The van der Waals surface area contributed by atoms with Crippen LogP contribution in [0.4, 0.5) is 11.4 Å². The Kier molecular flexibility index (Phi) is 12.7. The predicted molar refractivity (Wildman–Crippen MR) is 200 cm³/mol. The van der Waals surface area contributed by atoms with Crippen LogP contribution in [0.3, 0.4) is 0 Å². The van der Waals surface area contributed by atoms with E-state index in [-0.39, 0.29) is 0 Å². The van der Waals surface area contributed by atoms with Gasteiger partial charge in [-0.3, -0.25) is 4.90 Å². The summed E-state index contributed by atoms with van der Waals surface area (Å²) in [6.07, 6.45) is 6.37. The zero-order valence-corrected chi connectivity index (χ0v) is 29.3. The zero-order chi connectivity index (χ0) is 32.3. The molecule has 2 heterocycles. The van der Waals surface area contributed by atoms with Gasteiger partial charge in [0.25, 0.3) is 0 Å². The van der Waals surface area contributed by atoms with Crippen molar-refractivity contribution in [3.63, 3.8) is 0 Å². The van der Waals surface area contributed by atoms with E-state index in [1.165, 1.54) is 44.8 Å². The van der Waals surface area contributed by atoms with Gasteiger partial charge in [0.1, 0.15) is 0 Å². The molecular weight excluding hydrogens is 619 g/mol. The largest absolute Gasteiger partial charge is 0.327 e. The highest BCUT2D eigenvalue weighted by Crippen LogP contribution is 2.40. The molecule has 0 fully saturated rings. The molecule has 2 aliphatic heterocycles. The minimum absolute atomic E-state index is 0.719. The third-order valence-electron chi connectivity index (χ3n) is 9.77. The van der Waals surface area contributed by atoms with Gasteiger partial charge in [-0.15, -0.1) is 23.2 Å². The highest BCUT2D eigenvalue weighted by molar-refractivity contribution is 6.18. The Labute approximate surface area is 292 Å². The number of hydrogen-bond acceptors (Lipinski definition) is 4. The monoisotopic (exact) mass is 668 g/mol. The van der Waals surface area contributed by atoms with Crippen molar-refractivity contribution in [2.24, 2.45) is 0 Å². The van der Waals surface area contributed by atoms with E-state index in [1.807, 2.05) is 0 Å². The number of fused-ring (bicyclic) bond motifs is 6. The summed E-state index contributed by atoms with van der Waals surface area (Å²) >= 11 is 12.2. The van der Waals surface area contributed by atoms with Crippen LogP contribution in [-0.4, -0.2) is 72.4 Å². The number of anilines is 2. The van der Waals surface area contributed by atoms with Crippen molar-refractivity contribution in [3.8, 4) is 0 Å². The fourth-order valence-corrected chi connectivity index (χ4v) is 7.40. The van der Waals surface area contributed by atoms with Crippen LogP contribution >= 0.6 is 23.2 Å². The van der Waals surface area contributed by atoms with Gasteiger partial charge in [0.15, 0.2) is 0 Å². The number of halogens is 2. The van der Waals surface area contributed by atoms with Gasteiger partial charge >= 0.3 is 0 Å². The van der Waals surface area contributed by atoms with Crippen molar-refractivity contribution in [2.75, 3.05) is 62.6 Å². The smallest absolute Gasteiger partial charge is 0.0762 e. The molecule has 0 radical (unpaired) electrons. The van der Waals surface area contributed by atoms with E-state index in [2.05, 4.69) is 117 Å². The Morgan fingerprint density at radius 2 is 0.915 bits per heavy atom. The molecule has 4 aromatic rings. The summed E-state index contributed by atoms with van der Waals surface area (Å²) in [5, 5.41) is 0.